The van der Waals surface area contributed by atoms with E-state index in [1.165, 1.54) is 31.4 Å². The molecule has 2 heterocycles. The number of fused-ring (bicyclic) bond motifs is 2. The fourth-order valence-corrected chi connectivity index (χ4v) is 7.37. The fraction of sp³-hybridized carbons (Fsp3) is 0.259. The maximum atomic E-state index is 14.6. The number of carbonyl (C=O) groups is 2. The van der Waals surface area contributed by atoms with E-state index in [4.69, 9.17) is 27.9 Å². The van der Waals surface area contributed by atoms with Crippen molar-refractivity contribution in [2.75, 3.05) is 18.7 Å². The summed E-state index contributed by atoms with van der Waals surface area (Å²) in [4.78, 5) is 27.3. The molecule has 198 valence electrons. The van der Waals surface area contributed by atoms with Crippen LogP contribution < -0.4 is 15.4 Å². The molecule has 38 heavy (non-hydrogen) atoms. The van der Waals surface area contributed by atoms with Gasteiger partial charge < -0.3 is 15.4 Å². The summed E-state index contributed by atoms with van der Waals surface area (Å²) in [6, 6.07) is 10.8. The Morgan fingerprint density at radius 2 is 1.76 bits per heavy atom. The van der Waals surface area contributed by atoms with E-state index >= 15 is 0 Å². The number of carbonyl (C=O) groups excluding carboxylic acids is 2. The van der Waals surface area contributed by atoms with Gasteiger partial charge >= 0.3 is 0 Å². The average molecular weight is 577 g/mol. The Balaban J connectivity index is 1.92. The number of halogens is 3. The molecule has 1 saturated heterocycles. The highest BCUT2D eigenvalue weighted by Crippen LogP contribution is 2.59. The van der Waals surface area contributed by atoms with Gasteiger partial charge in [0.15, 0.2) is 9.84 Å². The predicted molar refractivity (Wildman–Crippen MR) is 142 cm³/mol. The number of rotatable bonds is 4. The van der Waals surface area contributed by atoms with E-state index in [1.807, 2.05) is 0 Å². The molecule has 3 aromatic rings. The van der Waals surface area contributed by atoms with Crippen molar-refractivity contribution in [3.8, 4) is 5.75 Å². The summed E-state index contributed by atoms with van der Waals surface area (Å²) >= 11 is 12.7. The molecule has 2 aliphatic heterocycles. The number of sulfone groups is 1. The minimum Gasteiger partial charge on any atom is -0.495 e. The second kappa shape index (κ2) is 9.25. The van der Waals surface area contributed by atoms with Crippen LogP contribution >= 0.6 is 23.2 Å². The van der Waals surface area contributed by atoms with Crippen molar-refractivity contribution >= 4 is 50.5 Å². The van der Waals surface area contributed by atoms with Gasteiger partial charge in [0.1, 0.15) is 21.9 Å². The number of anilines is 1. The molecule has 1 fully saturated rings. The lowest BCUT2D eigenvalue weighted by Crippen LogP contribution is -2.57. The quantitative estimate of drug-likeness (QED) is 0.450. The number of hydrogen-bond donors (Lipinski definition) is 2. The van der Waals surface area contributed by atoms with Gasteiger partial charge in [0, 0.05) is 40.4 Å². The lowest BCUT2D eigenvalue weighted by molar-refractivity contribution is -0.131. The Morgan fingerprint density at radius 3 is 2.45 bits per heavy atom. The number of benzene rings is 3. The maximum absolute atomic E-state index is 14.6. The van der Waals surface area contributed by atoms with Crippen molar-refractivity contribution < 1.29 is 27.1 Å². The van der Waals surface area contributed by atoms with Crippen LogP contribution in [0, 0.1) is 12.7 Å². The van der Waals surface area contributed by atoms with Crippen molar-refractivity contribution in [3.05, 3.63) is 86.6 Å². The Bertz CT molecular complexity index is 1630. The molecule has 2 aliphatic rings. The molecule has 3 atom stereocenters. The Morgan fingerprint density at radius 1 is 1.03 bits per heavy atom. The first-order chi connectivity index (χ1) is 17.9. The molecule has 7 nitrogen and oxygen atoms in total. The summed E-state index contributed by atoms with van der Waals surface area (Å²) in [7, 11) is -2.62. The lowest BCUT2D eigenvalue weighted by atomic mass is 9.59. The number of aryl methyl sites for hydroxylation is 1. The SMILES string of the molecule is COc1cc(Cl)cc([C@@H]2CC(=O)N[C@@H](c3cc(F)ccc3C)[C@]23C(=O)Nc2cc(Cl)ccc23)c1S(C)(=O)=O. The molecule has 0 aromatic heterocycles. The van der Waals surface area contributed by atoms with E-state index in [-0.39, 0.29) is 27.7 Å². The van der Waals surface area contributed by atoms with E-state index in [0.29, 0.717) is 27.4 Å². The zero-order valence-corrected chi connectivity index (χ0v) is 22.9. The van der Waals surface area contributed by atoms with Gasteiger partial charge in [-0.3, -0.25) is 9.59 Å². The molecule has 5 rings (SSSR count). The van der Waals surface area contributed by atoms with Gasteiger partial charge in [-0.2, -0.15) is 0 Å². The van der Waals surface area contributed by atoms with E-state index in [2.05, 4.69) is 10.6 Å². The second-order valence-corrected chi connectivity index (χ2v) is 12.4. The minimum atomic E-state index is -3.93. The molecule has 0 bridgehead atoms. The largest absolute Gasteiger partial charge is 0.495 e. The van der Waals surface area contributed by atoms with Crippen LogP contribution in [0.25, 0.3) is 0 Å². The monoisotopic (exact) mass is 576 g/mol. The van der Waals surface area contributed by atoms with E-state index in [1.54, 1.807) is 31.2 Å². The van der Waals surface area contributed by atoms with Gasteiger partial charge in [0.05, 0.1) is 13.2 Å². The first kappa shape index (κ1) is 26.5. The number of ether oxygens (including phenoxy) is 1. The van der Waals surface area contributed by atoms with Crippen molar-refractivity contribution in [2.24, 2.45) is 0 Å². The molecule has 0 saturated carbocycles. The Labute approximate surface area is 229 Å². The summed E-state index contributed by atoms with van der Waals surface area (Å²) < 4.78 is 46.2. The smallest absolute Gasteiger partial charge is 0.238 e. The van der Waals surface area contributed by atoms with Crippen molar-refractivity contribution in [2.45, 2.75) is 35.6 Å². The summed E-state index contributed by atoms with van der Waals surface area (Å²) in [5.41, 5.74) is 0.502. The van der Waals surface area contributed by atoms with Crippen LogP contribution in [0.15, 0.2) is 53.4 Å². The van der Waals surface area contributed by atoms with Crippen molar-refractivity contribution in [3.63, 3.8) is 0 Å². The fourth-order valence-electron chi connectivity index (χ4n) is 5.84. The van der Waals surface area contributed by atoms with Crippen LogP contribution in [0.1, 0.15) is 40.6 Å². The van der Waals surface area contributed by atoms with E-state index < -0.39 is 44.8 Å². The molecular formula is C27H23Cl2FN2O5S. The van der Waals surface area contributed by atoms with E-state index in [9.17, 15) is 22.4 Å². The van der Waals surface area contributed by atoms with Crippen LogP contribution in [0.5, 0.6) is 5.75 Å². The third-order valence-corrected chi connectivity index (χ3v) is 8.95. The first-order valence-corrected chi connectivity index (χ1v) is 14.3. The van der Waals surface area contributed by atoms with Gasteiger partial charge in [0.2, 0.25) is 11.8 Å². The summed E-state index contributed by atoms with van der Waals surface area (Å²) in [6.45, 7) is 1.75. The molecule has 2 amide bonds. The van der Waals surface area contributed by atoms with Crippen LogP contribution in [-0.4, -0.2) is 33.6 Å². The standard InChI is InChI=1S/C27H23Cl2FN2O5S/c1-13-4-6-16(30)11-17(13)25-27(19-7-5-14(28)9-21(19)31-26(27)34)20(12-23(33)32-25)18-8-15(29)10-22(37-2)24(18)38(3,35)36/h4-11,20,25H,12H2,1-3H3,(H,31,34)(H,32,33)/t20-,25-,27+/m0/s1. The average Bonchev–Trinajstić information content (AvgIpc) is 3.11. The topological polar surface area (TPSA) is 102 Å². The van der Waals surface area contributed by atoms with Gasteiger partial charge in [-0.1, -0.05) is 35.3 Å². The molecular weight excluding hydrogens is 554 g/mol. The highest BCUT2D eigenvalue weighted by Gasteiger charge is 2.62. The molecule has 11 heteroatoms. The number of hydrogen-bond acceptors (Lipinski definition) is 5. The van der Waals surface area contributed by atoms with Crippen LogP contribution in [0.4, 0.5) is 10.1 Å². The zero-order valence-electron chi connectivity index (χ0n) is 20.6. The van der Waals surface area contributed by atoms with Crippen molar-refractivity contribution in [1.82, 2.24) is 5.32 Å². The number of amides is 2. The second-order valence-electron chi connectivity index (χ2n) is 9.57. The van der Waals surface area contributed by atoms with Gasteiger partial charge in [-0.25, -0.2) is 12.8 Å². The number of nitrogens with one attached hydrogen (secondary N) is 2. The predicted octanol–water partition coefficient (Wildman–Crippen LogP) is 5.09. The molecule has 2 N–H and O–H groups in total. The molecule has 0 aliphatic carbocycles. The normalized spacial score (nSPS) is 22.7. The van der Waals surface area contributed by atoms with Gasteiger partial charge in [0.25, 0.3) is 0 Å². The van der Waals surface area contributed by atoms with Crippen molar-refractivity contribution in [1.29, 1.82) is 0 Å². The lowest BCUT2D eigenvalue weighted by Gasteiger charge is -2.47. The third-order valence-electron chi connectivity index (χ3n) is 7.32. The highest BCUT2D eigenvalue weighted by atomic mass is 35.5. The van der Waals surface area contributed by atoms with Gasteiger partial charge in [-0.05, 0) is 59.5 Å². The molecule has 3 aromatic carbocycles. The summed E-state index contributed by atoms with van der Waals surface area (Å²) in [5, 5.41) is 6.31. The molecule has 1 spiro atoms. The van der Waals surface area contributed by atoms with Crippen LogP contribution in [0.3, 0.4) is 0 Å². The highest BCUT2D eigenvalue weighted by molar-refractivity contribution is 7.90. The molecule has 0 unspecified atom stereocenters. The summed E-state index contributed by atoms with van der Waals surface area (Å²) in [6.07, 6.45) is 0.779. The Hall–Kier alpha value is -3.14. The first-order valence-electron chi connectivity index (χ1n) is 11.6. The maximum Gasteiger partial charge on any atom is 0.238 e. The van der Waals surface area contributed by atoms with E-state index in [0.717, 1.165) is 6.26 Å². The Kier molecular flexibility index (Phi) is 6.44. The summed E-state index contributed by atoms with van der Waals surface area (Å²) in [5.74, 6) is -2.52. The number of methoxy groups -OCH3 is 1. The van der Waals surface area contributed by atoms with Crippen LogP contribution in [0.2, 0.25) is 10.0 Å². The van der Waals surface area contributed by atoms with Crippen LogP contribution in [-0.2, 0) is 24.8 Å². The number of piperidine rings is 1. The molecule has 0 radical (unpaired) electrons. The minimum absolute atomic E-state index is 0.00986. The zero-order chi connectivity index (χ0) is 27.6. The third kappa shape index (κ3) is 4.04. The van der Waals surface area contributed by atoms with Gasteiger partial charge in [-0.15, -0.1) is 0 Å².